The molecule has 1 heterocycles. The third kappa shape index (κ3) is 3.85. The number of nitrogens with one attached hydrogen (secondary N) is 1. The predicted molar refractivity (Wildman–Crippen MR) is 70.2 cm³/mol. The lowest BCUT2D eigenvalue weighted by molar-refractivity contribution is -0.384. The number of methoxy groups -OCH3 is 1. The molecule has 0 amide bonds. The van der Waals surface area contributed by atoms with Gasteiger partial charge in [0, 0.05) is 27.2 Å². The van der Waals surface area contributed by atoms with Crippen LogP contribution in [0.3, 0.4) is 0 Å². The van der Waals surface area contributed by atoms with E-state index in [-0.39, 0.29) is 5.69 Å². The van der Waals surface area contributed by atoms with Gasteiger partial charge >= 0.3 is 0 Å². The van der Waals surface area contributed by atoms with E-state index in [0.717, 1.165) is 0 Å². The molecule has 7 heteroatoms. The zero-order chi connectivity index (χ0) is 13.5. The van der Waals surface area contributed by atoms with Crippen molar-refractivity contribution < 1.29 is 9.66 Å². The molecule has 0 saturated carbocycles. The highest BCUT2D eigenvalue weighted by Gasteiger charge is 2.13. The van der Waals surface area contributed by atoms with Crippen molar-refractivity contribution in [2.75, 3.05) is 44.1 Å². The Morgan fingerprint density at radius 1 is 1.56 bits per heavy atom. The molecule has 18 heavy (non-hydrogen) atoms. The molecule has 1 aromatic rings. The maximum Gasteiger partial charge on any atom is 0.276 e. The zero-order valence-corrected chi connectivity index (χ0v) is 10.8. The van der Waals surface area contributed by atoms with Gasteiger partial charge in [-0.25, -0.2) is 4.98 Å². The number of anilines is 2. The minimum atomic E-state index is -0.420. The third-order valence-electron chi connectivity index (χ3n) is 2.39. The van der Waals surface area contributed by atoms with Gasteiger partial charge < -0.3 is 15.0 Å². The lowest BCUT2D eigenvalue weighted by atomic mass is 10.3. The van der Waals surface area contributed by atoms with Crippen molar-refractivity contribution >= 4 is 17.3 Å². The molecule has 0 aromatic carbocycles. The van der Waals surface area contributed by atoms with Gasteiger partial charge in [0.2, 0.25) is 0 Å². The first-order valence-corrected chi connectivity index (χ1v) is 5.69. The maximum atomic E-state index is 10.9. The minimum Gasteiger partial charge on any atom is -0.383 e. The van der Waals surface area contributed by atoms with Crippen LogP contribution < -0.4 is 10.2 Å². The van der Waals surface area contributed by atoms with Crippen LogP contribution in [0.25, 0.3) is 0 Å². The number of hydrogen-bond acceptors (Lipinski definition) is 6. The van der Waals surface area contributed by atoms with Gasteiger partial charge in [0.15, 0.2) is 0 Å². The van der Waals surface area contributed by atoms with Crippen molar-refractivity contribution in [1.29, 1.82) is 0 Å². The molecule has 0 spiro atoms. The van der Waals surface area contributed by atoms with E-state index in [9.17, 15) is 10.1 Å². The number of likely N-dealkylation sites (N-methyl/N-ethyl adjacent to an activating group) is 1. The smallest absolute Gasteiger partial charge is 0.276 e. The summed E-state index contributed by atoms with van der Waals surface area (Å²) in [5, 5.41) is 13.8. The van der Waals surface area contributed by atoms with Crippen LogP contribution in [0.4, 0.5) is 17.3 Å². The summed E-state index contributed by atoms with van der Waals surface area (Å²) in [6.45, 7) is 3.73. The number of rotatable bonds is 7. The Kier molecular flexibility index (Phi) is 5.31. The molecule has 1 rings (SSSR count). The largest absolute Gasteiger partial charge is 0.383 e. The van der Waals surface area contributed by atoms with Crippen LogP contribution in [0.15, 0.2) is 12.1 Å². The first-order chi connectivity index (χ1) is 8.58. The Morgan fingerprint density at radius 3 is 2.83 bits per heavy atom. The van der Waals surface area contributed by atoms with Crippen LogP contribution in [0.5, 0.6) is 0 Å². The summed E-state index contributed by atoms with van der Waals surface area (Å²) in [5.74, 6) is 1.06. The van der Waals surface area contributed by atoms with Gasteiger partial charge in [-0.2, -0.15) is 0 Å². The Hall–Kier alpha value is -1.89. The fourth-order valence-electron chi connectivity index (χ4n) is 1.42. The molecule has 0 atom stereocenters. The van der Waals surface area contributed by atoms with E-state index in [2.05, 4.69) is 10.3 Å². The fourth-order valence-corrected chi connectivity index (χ4v) is 1.42. The third-order valence-corrected chi connectivity index (χ3v) is 2.39. The first kappa shape index (κ1) is 14.2. The number of aromatic nitrogens is 1. The van der Waals surface area contributed by atoms with Crippen molar-refractivity contribution in [3.63, 3.8) is 0 Å². The van der Waals surface area contributed by atoms with Gasteiger partial charge in [-0.3, -0.25) is 10.1 Å². The molecular weight excluding hydrogens is 236 g/mol. The molecule has 1 aromatic heterocycles. The van der Waals surface area contributed by atoms with Gasteiger partial charge in [0.05, 0.1) is 23.7 Å². The Bertz CT molecular complexity index is 411. The summed E-state index contributed by atoms with van der Waals surface area (Å²) in [6, 6.07) is 2.88. The molecule has 7 nitrogen and oxygen atoms in total. The van der Waals surface area contributed by atoms with Crippen molar-refractivity contribution in [3.8, 4) is 0 Å². The van der Waals surface area contributed by atoms with E-state index in [1.165, 1.54) is 12.1 Å². The summed E-state index contributed by atoms with van der Waals surface area (Å²) in [5.41, 5.74) is 0.0280. The van der Waals surface area contributed by atoms with Crippen molar-refractivity contribution in [3.05, 3.63) is 22.2 Å². The topological polar surface area (TPSA) is 80.5 Å². The summed E-state index contributed by atoms with van der Waals surface area (Å²) < 4.78 is 4.97. The van der Waals surface area contributed by atoms with Gasteiger partial charge in [-0.05, 0) is 6.92 Å². The quantitative estimate of drug-likeness (QED) is 0.586. The van der Waals surface area contributed by atoms with Crippen LogP contribution in [-0.4, -0.2) is 43.8 Å². The van der Waals surface area contributed by atoms with Crippen molar-refractivity contribution in [2.45, 2.75) is 6.92 Å². The maximum absolute atomic E-state index is 10.9. The van der Waals surface area contributed by atoms with E-state index >= 15 is 0 Å². The van der Waals surface area contributed by atoms with Crippen LogP contribution in [-0.2, 0) is 4.74 Å². The van der Waals surface area contributed by atoms with E-state index in [0.29, 0.717) is 31.3 Å². The monoisotopic (exact) mass is 254 g/mol. The average Bonchev–Trinajstić information content (AvgIpc) is 2.35. The summed E-state index contributed by atoms with van der Waals surface area (Å²) >= 11 is 0. The van der Waals surface area contributed by atoms with E-state index in [4.69, 9.17) is 4.74 Å². The zero-order valence-electron chi connectivity index (χ0n) is 10.8. The van der Waals surface area contributed by atoms with Crippen molar-refractivity contribution in [1.82, 2.24) is 4.98 Å². The number of ether oxygens (including phenoxy) is 1. The summed E-state index contributed by atoms with van der Waals surface area (Å²) in [6.07, 6.45) is 0. The Labute approximate surface area is 106 Å². The molecule has 0 unspecified atom stereocenters. The van der Waals surface area contributed by atoms with Gasteiger partial charge in [-0.1, -0.05) is 0 Å². The Balaban J connectivity index is 2.98. The normalized spacial score (nSPS) is 10.2. The van der Waals surface area contributed by atoms with Gasteiger partial charge in [0.25, 0.3) is 5.69 Å². The summed E-state index contributed by atoms with van der Waals surface area (Å²) in [7, 11) is 3.43. The van der Waals surface area contributed by atoms with Crippen LogP contribution in [0.2, 0.25) is 0 Å². The highest BCUT2D eigenvalue weighted by Crippen LogP contribution is 2.22. The second-order valence-corrected chi connectivity index (χ2v) is 3.77. The fraction of sp³-hybridized carbons (Fsp3) is 0.545. The van der Waals surface area contributed by atoms with E-state index < -0.39 is 4.92 Å². The molecule has 1 N–H and O–H groups in total. The van der Waals surface area contributed by atoms with E-state index in [1.54, 1.807) is 7.11 Å². The molecule has 0 aliphatic rings. The highest BCUT2D eigenvalue weighted by atomic mass is 16.6. The molecule has 0 aliphatic carbocycles. The Morgan fingerprint density at radius 2 is 2.28 bits per heavy atom. The number of pyridine rings is 1. The standard InChI is InChI=1S/C11H18N4O3/c1-4-12-10-7-9(15(16)17)8-11(13-10)14(2)5-6-18-3/h7-8H,4-6H2,1-3H3,(H,12,13). The molecule has 0 radical (unpaired) electrons. The van der Waals surface area contributed by atoms with Crippen LogP contribution in [0, 0.1) is 10.1 Å². The molecular formula is C11H18N4O3. The molecule has 0 saturated heterocycles. The average molecular weight is 254 g/mol. The number of hydrogen-bond donors (Lipinski definition) is 1. The second-order valence-electron chi connectivity index (χ2n) is 3.77. The van der Waals surface area contributed by atoms with Crippen LogP contribution >= 0.6 is 0 Å². The molecule has 0 bridgehead atoms. The molecule has 0 fully saturated rings. The second kappa shape index (κ2) is 6.75. The SMILES string of the molecule is CCNc1cc([N+](=O)[O-])cc(N(C)CCOC)n1. The predicted octanol–water partition coefficient (Wildman–Crippen LogP) is 1.50. The first-order valence-electron chi connectivity index (χ1n) is 5.69. The number of nitro groups is 1. The van der Waals surface area contributed by atoms with E-state index in [1.807, 2.05) is 18.9 Å². The van der Waals surface area contributed by atoms with Gasteiger partial charge in [-0.15, -0.1) is 0 Å². The lowest BCUT2D eigenvalue weighted by Gasteiger charge is -2.18. The number of nitrogens with zero attached hydrogens (tertiary/aromatic N) is 3. The highest BCUT2D eigenvalue weighted by molar-refractivity contribution is 5.55. The van der Waals surface area contributed by atoms with Crippen LogP contribution in [0.1, 0.15) is 6.92 Å². The summed E-state index contributed by atoms with van der Waals surface area (Å²) in [4.78, 5) is 16.6. The molecule has 100 valence electrons. The lowest BCUT2D eigenvalue weighted by Crippen LogP contribution is -2.23. The minimum absolute atomic E-state index is 0.0280. The molecule has 0 aliphatic heterocycles. The van der Waals surface area contributed by atoms with Gasteiger partial charge in [0.1, 0.15) is 11.6 Å². The van der Waals surface area contributed by atoms with Crippen molar-refractivity contribution in [2.24, 2.45) is 0 Å².